The van der Waals surface area contributed by atoms with E-state index in [2.05, 4.69) is 15.2 Å². The zero-order chi connectivity index (χ0) is 22.8. The van der Waals surface area contributed by atoms with Crippen LogP contribution in [0.5, 0.6) is 5.75 Å². The van der Waals surface area contributed by atoms with Gasteiger partial charge in [0.15, 0.2) is 0 Å². The van der Waals surface area contributed by atoms with Crippen LogP contribution in [0, 0.1) is 11.6 Å². The normalized spacial score (nSPS) is 15.7. The van der Waals surface area contributed by atoms with Crippen LogP contribution in [0.1, 0.15) is 30.0 Å². The number of nitrogens with zero attached hydrogens (tertiary/aromatic N) is 3. The Morgan fingerprint density at radius 2 is 1.91 bits per heavy atom. The quantitative estimate of drug-likeness (QED) is 0.401. The molecule has 0 aliphatic carbocycles. The first-order chi connectivity index (χ1) is 16.1. The van der Waals surface area contributed by atoms with Crippen molar-refractivity contribution in [3.8, 4) is 5.75 Å². The van der Waals surface area contributed by atoms with Gasteiger partial charge in [-0.05, 0) is 66.9 Å². The Kier molecular flexibility index (Phi) is 5.77. The average Bonchev–Trinajstić information content (AvgIpc) is 3.34. The SMILES string of the molecule is COc1ccc(CNc2ccnc3ccc(N4CCCC4c4cc(F)ccc4F)nc23)cc1. The molecule has 33 heavy (non-hydrogen) atoms. The number of methoxy groups -OCH3 is 1. The van der Waals surface area contributed by atoms with Crippen LogP contribution in [0.15, 0.2) is 66.9 Å². The van der Waals surface area contributed by atoms with Gasteiger partial charge in [-0.1, -0.05) is 12.1 Å². The van der Waals surface area contributed by atoms with E-state index in [4.69, 9.17) is 9.72 Å². The maximum Gasteiger partial charge on any atom is 0.129 e. The van der Waals surface area contributed by atoms with Gasteiger partial charge in [0.1, 0.15) is 28.7 Å². The van der Waals surface area contributed by atoms with Crippen molar-refractivity contribution in [1.29, 1.82) is 0 Å². The van der Waals surface area contributed by atoms with Gasteiger partial charge in [0.2, 0.25) is 0 Å². The van der Waals surface area contributed by atoms with Crippen LogP contribution in [-0.4, -0.2) is 23.6 Å². The first-order valence-electron chi connectivity index (χ1n) is 11.0. The van der Waals surface area contributed by atoms with E-state index in [-0.39, 0.29) is 6.04 Å². The molecular formula is C26H24F2N4O. The number of anilines is 2. The van der Waals surface area contributed by atoms with Crippen LogP contribution in [0.2, 0.25) is 0 Å². The number of hydrogen-bond donors (Lipinski definition) is 1. The highest BCUT2D eigenvalue weighted by Gasteiger charge is 2.29. The molecule has 5 rings (SSSR count). The predicted octanol–water partition coefficient (Wildman–Crippen LogP) is 5.87. The molecule has 0 bridgehead atoms. The number of ether oxygens (including phenoxy) is 1. The van der Waals surface area contributed by atoms with E-state index in [9.17, 15) is 8.78 Å². The molecule has 4 aromatic rings. The van der Waals surface area contributed by atoms with Crippen molar-refractivity contribution in [2.75, 3.05) is 23.9 Å². The highest BCUT2D eigenvalue weighted by Crippen LogP contribution is 2.37. The van der Waals surface area contributed by atoms with Gasteiger partial charge in [0.05, 0.1) is 24.4 Å². The van der Waals surface area contributed by atoms with Gasteiger partial charge >= 0.3 is 0 Å². The third-order valence-corrected chi connectivity index (χ3v) is 6.08. The lowest BCUT2D eigenvalue weighted by molar-refractivity contribution is 0.414. The van der Waals surface area contributed by atoms with Crippen molar-refractivity contribution in [3.63, 3.8) is 0 Å². The summed E-state index contributed by atoms with van der Waals surface area (Å²) in [7, 11) is 1.65. The summed E-state index contributed by atoms with van der Waals surface area (Å²) in [5.74, 6) is 0.722. The summed E-state index contributed by atoms with van der Waals surface area (Å²) >= 11 is 0. The number of rotatable bonds is 6. The maximum absolute atomic E-state index is 14.5. The summed E-state index contributed by atoms with van der Waals surface area (Å²) < 4.78 is 33.5. The van der Waals surface area contributed by atoms with E-state index < -0.39 is 11.6 Å². The number of halogens is 2. The number of pyridine rings is 2. The summed E-state index contributed by atoms with van der Waals surface area (Å²) in [4.78, 5) is 11.4. The third-order valence-electron chi connectivity index (χ3n) is 6.08. The first kappa shape index (κ1) is 21.1. The zero-order valence-electron chi connectivity index (χ0n) is 18.3. The molecule has 1 atom stereocenters. The molecule has 1 saturated heterocycles. The molecule has 3 heterocycles. The van der Waals surface area contributed by atoms with E-state index in [1.54, 1.807) is 13.3 Å². The minimum atomic E-state index is -0.432. The Morgan fingerprint density at radius 1 is 1.06 bits per heavy atom. The fourth-order valence-corrected chi connectivity index (χ4v) is 4.39. The highest BCUT2D eigenvalue weighted by atomic mass is 19.1. The van der Waals surface area contributed by atoms with Gasteiger partial charge in [-0.3, -0.25) is 4.98 Å². The first-order valence-corrected chi connectivity index (χ1v) is 11.0. The van der Waals surface area contributed by atoms with Crippen molar-refractivity contribution < 1.29 is 13.5 Å². The maximum atomic E-state index is 14.5. The van der Waals surface area contributed by atoms with Gasteiger partial charge in [-0.15, -0.1) is 0 Å². The Hall–Kier alpha value is -3.74. The number of hydrogen-bond acceptors (Lipinski definition) is 5. The van der Waals surface area contributed by atoms with E-state index in [0.717, 1.165) is 59.3 Å². The van der Waals surface area contributed by atoms with E-state index in [1.807, 2.05) is 42.5 Å². The van der Waals surface area contributed by atoms with Gasteiger partial charge in [-0.25, -0.2) is 13.8 Å². The van der Waals surface area contributed by atoms with Crippen LogP contribution in [0.3, 0.4) is 0 Å². The van der Waals surface area contributed by atoms with Crippen molar-refractivity contribution in [2.24, 2.45) is 0 Å². The van der Waals surface area contributed by atoms with Crippen molar-refractivity contribution >= 4 is 22.5 Å². The molecule has 168 valence electrons. The molecular weight excluding hydrogens is 422 g/mol. The Morgan fingerprint density at radius 3 is 2.73 bits per heavy atom. The predicted molar refractivity (Wildman–Crippen MR) is 126 cm³/mol. The monoisotopic (exact) mass is 446 g/mol. The fourth-order valence-electron chi connectivity index (χ4n) is 4.39. The number of aromatic nitrogens is 2. The average molecular weight is 447 g/mol. The topological polar surface area (TPSA) is 50.3 Å². The molecule has 0 saturated carbocycles. The van der Waals surface area contributed by atoms with Crippen LogP contribution in [0.25, 0.3) is 11.0 Å². The molecule has 0 spiro atoms. The van der Waals surface area contributed by atoms with E-state index >= 15 is 0 Å². The van der Waals surface area contributed by atoms with Crippen LogP contribution in [0.4, 0.5) is 20.3 Å². The number of benzene rings is 2. The standard InChI is InChI=1S/C26H24F2N4O/c1-33-19-7-4-17(5-8-19)16-30-23-12-13-29-22-10-11-25(31-26(22)23)32-14-2-3-24(32)20-15-18(27)6-9-21(20)28/h4-13,15,24H,2-3,14,16H2,1H3,(H,29,30). The third kappa shape index (κ3) is 4.31. The largest absolute Gasteiger partial charge is 0.497 e. The summed E-state index contributed by atoms with van der Waals surface area (Å²) in [5, 5.41) is 3.45. The van der Waals surface area contributed by atoms with Gasteiger partial charge in [0, 0.05) is 24.8 Å². The van der Waals surface area contributed by atoms with Crippen LogP contribution in [-0.2, 0) is 6.54 Å². The Labute approximate surface area is 191 Å². The molecule has 7 heteroatoms. The Bertz CT molecular complexity index is 1280. The van der Waals surface area contributed by atoms with Crippen molar-refractivity contribution in [2.45, 2.75) is 25.4 Å². The molecule has 1 fully saturated rings. The molecule has 1 N–H and O–H groups in total. The molecule has 1 aliphatic rings. The lowest BCUT2D eigenvalue weighted by atomic mass is 10.0. The molecule has 2 aromatic heterocycles. The van der Waals surface area contributed by atoms with Crippen LogP contribution < -0.4 is 15.0 Å². The van der Waals surface area contributed by atoms with E-state index in [0.29, 0.717) is 12.1 Å². The lowest BCUT2D eigenvalue weighted by Crippen LogP contribution is -2.24. The van der Waals surface area contributed by atoms with Crippen LogP contribution >= 0.6 is 0 Å². The number of nitrogens with one attached hydrogen (secondary N) is 1. The van der Waals surface area contributed by atoms with Gasteiger partial charge in [-0.2, -0.15) is 0 Å². The van der Waals surface area contributed by atoms with Crippen molar-refractivity contribution in [3.05, 3.63) is 89.6 Å². The minimum Gasteiger partial charge on any atom is -0.497 e. The molecule has 1 unspecified atom stereocenters. The lowest BCUT2D eigenvalue weighted by Gasteiger charge is -2.27. The second-order valence-corrected chi connectivity index (χ2v) is 8.11. The summed E-state index contributed by atoms with van der Waals surface area (Å²) in [5.41, 5.74) is 3.86. The molecule has 5 nitrogen and oxygen atoms in total. The summed E-state index contributed by atoms with van der Waals surface area (Å²) in [6.45, 7) is 1.35. The molecule has 0 amide bonds. The van der Waals surface area contributed by atoms with E-state index in [1.165, 1.54) is 12.1 Å². The fraction of sp³-hybridized carbons (Fsp3) is 0.231. The summed E-state index contributed by atoms with van der Waals surface area (Å²) in [6.07, 6.45) is 3.38. The van der Waals surface area contributed by atoms with Crippen molar-refractivity contribution in [1.82, 2.24) is 9.97 Å². The zero-order valence-corrected chi connectivity index (χ0v) is 18.3. The second kappa shape index (κ2) is 9.02. The van der Waals surface area contributed by atoms with Gasteiger partial charge < -0.3 is 15.0 Å². The number of fused-ring (bicyclic) bond motifs is 1. The smallest absolute Gasteiger partial charge is 0.129 e. The van der Waals surface area contributed by atoms with Gasteiger partial charge in [0.25, 0.3) is 0 Å². The molecule has 2 aromatic carbocycles. The summed E-state index contributed by atoms with van der Waals surface area (Å²) in [6, 6.07) is 17.0. The minimum absolute atomic E-state index is 0.252. The molecule has 1 aliphatic heterocycles. The highest BCUT2D eigenvalue weighted by molar-refractivity contribution is 5.88. The molecule has 0 radical (unpaired) electrons. The Balaban J connectivity index is 1.44. The second-order valence-electron chi connectivity index (χ2n) is 8.11.